The lowest BCUT2D eigenvalue weighted by molar-refractivity contribution is 0.0623. The number of methoxy groups -OCH3 is 2. The number of aliphatic hydroxyl groups excluding tert-OH is 1. The predicted octanol–water partition coefficient (Wildman–Crippen LogP) is 3.11. The minimum Gasteiger partial charge on any atom is -0.493 e. The molecule has 5 heteroatoms. The Morgan fingerprint density at radius 3 is 2.46 bits per heavy atom. The van der Waals surface area contributed by atoms with Gasteiger partial charge in [-0.15, -0.1) is 0 Å². The molecule has 0 amide bonds. The van der Waals surface area contributed by atoms with Gasteiger partial charge in [-0.1, -0.05) is 30.3 Å². The first-order chi connectivity index (χ1) is 12.7. The number of aliphatic hydroxyl groups is 1. The topological polar surface area (TPSA) is 51.2 Å². The zero-order valence-electron chi connectivity index (χ0n) is 15.4. The number of rotatable bonds is 10. The van der Waals surface area contributed by atoms with Crippen molar-refractivity contribution in [2.24, 2.45) is 0 Å². The summed E-state index contributed by atoms with van der Waals surface area (Å²) in [5, 5.41) is 10.4. The molecule has 1 N–H and O–H groups in total. The molecular weight excluding hydrogens is 330 g/mol. The summed E-state index contributed by atoms with van der Waals surface area (Å²) in [6.45, 7) is 1.56. The highest BCUT2D eigenvalue weighted by atomic mass is 16.5. The summed E-state index contributed by atoms with van der Waals surface area (Å²) in [5.41, 5.74) is 1.06. The van der Waals surface area contributed by atoms with Crippen molar-refractivity contribution >= 4 is 0 Å². The van der Waals surface area contributed by atoms with Gasteiger partial charge >= 0.3 is 0 Å². The normalized spacial score (nSPS) is 14.9. The summed E-state index contributed by atoms with van der Waals surface area (Å²) in [6, 6.07) is 16.0. The van der Waals surface area contributed by atoms with Crippen molar-refractivity contribution in [1.82, 2.24) is 4.90 Å². The lowest BCUT2D eigenvalue weighted by Crippen LogP contribution is -2.36. The van der Waals surface area contributed by atoms with Crippen molar-refractivity contribution in [3.8, 4) is 17.2 Å². The minimum absolute atomic E-state index is 0.280. The third-order valence-corrected chi connectivity index (χ3v) is 4.55. The van der Waals surface area contributed by atoms with Crippen LogP contribution in [0.1, 0.15) is 18.4 Å². The quantitative estimate of drug-likeness (QED) is 0.708. The van der Waals surface area contributed by atoms with Gasteiger partial charge in [0, 0.05) is 24.7 Å². The van der Waals surface area contributed by atoms with Crippen LogP contribution in [-0.2, 0) is 6.54 Å². The standard InChI is InChI=1S/C21H27NO4/c1-24-20-10-6-7-16(21(20)25-2)13-22(17-11-12-17)14-18(23)15-26-19-8-4-3-5-9-19/h3-10,17-18,23H,11-15H2,1-2H3/t18-/m1/s1. The largest absolute Gasteiger partial charge is 0.493 e. The third-order valence-electron chi connectivity index (χ3n) is 4.55. The van der Waals surface area contributed by atoms with E-state index >= 15 is 0 Å². The maximum absolute atomic E-state index is 10.4. The minimum atomic E-state index is -0.549. The van der Waals surface area contributed by atoms with Crippen molar-refractivity contribution < 1.29 is 19.3 Å². The second kappa shape index (κ2) is 8.92. The Bertz CT molecular complexity index is 688. The van der Waals surface area contributed by atoms with Crippen LogP contribution in [0.25, 0.3) is 0 Å². The molecule has 0 aliphatic heterocycles. The summed E-state index contributed by atoms with van der Waals surface area (Å²) in [7, 11) is 3.30. The summed E-state index contributed by atoms with van der Waals surface area (Å²) in [4.78, 5) is 2.30. The number of benzene rings is 2. The number of hydrogen-bond donors (Lipinski definition) is 1. The van der Waals surface area contributed by atoms with E-state index in [1.54, 1.807) is 14.2 Å². The molecular formula is C21H27NO4. The zero-order chi connectivity index (χ0) is 18.4. The number of nitrogens with zero attached hydrogens (tertiary/aromatic N) is 1. The SMILES string of the molecule is COc1cccc(CN(C[C@@H](O)COc2ccccc2)C2CC2)c1OC. The van der Waals surface area contributed by atoms with Crippen LogP contribution in [0.5, 0.6) is 17.2 Å². The van der Waals surface area contributed by atoms with Crippen LogP contribution in [0.4, 0.5) is 0 Å². The van der Waals surface area contributed by atoms with Crippen LogP contribution < -0.4 is 14.2 Å². The Morgan fingerprint density at radius 1 is 1.04 bits per heavy atom. The van der Waals surface area contributed by atoms with Crippen molar-refractivity contribution in [3.05, 3.63) is 54.1 Å². The second-order valence-corrected chi connectivity index (χ2v) is 6.59. The lowest BCUT2D eigenvalue weighted by Gasteiger charge is -2.26. The Balaban J connectivity index is 1.61. The maximum atomic E-state index is 10.4. The molecule has 5 nitrogen and oxygen atoms in total. The van der Waals surface area contributed by atoms with Crippen molar-refractivity contribution in [3.63, 3.8) is 0 Å². The van der Waals surface area contributed by atoms with Gasteiger partial charge < -0.3 is 19.3 Å². The van der Waals surface area contributed by atoms with Crippen LogP contribution in [0, 0.1) is 0 Å². The molecule has 2 aromatic carbocycles. The molecule has 2 aromatic rings. The first kappa shape index (κ1) is 18.5. The van der Waals surface area contributed by atoms with Gasteiger partial charge in [-0.2, -0.15) is 0 Å². The molecule has 1 aliphatic carbocycles. The molecule has 0 spiro atoms. The van der Waals surface area contributed by atoms with Crippen LogP contribution in [0.15, 0.2) is 48.5 Å². The molecule has 1 atom stereocenters. The van der Waals surface area contributed by atoms with Crippen molar-refractivity contribution in [2.75, 3.05) is 27.4 Å². The average Bonchev–Trinajstić information content (AvgIpc) is 3.51. The molecule has 140 valence electrons. The molecule has 0 radical (unpaired) electrons. The van der Waals surface area contributed by atoms with Gasteiger partial charge in [0.25, 0.3) is 0 Å². The predicted molar refractivity (Wildman–Crippen MR) is 101 cm³/mol. The third kappa shape index (κ3) is 4.90. The highest BCUT2D eigenvalue weighted by molar-refractivity contribution is 5.46. The fraction of sp³-hybridized carbons (Fsp3) is 0.429. The van der Waals surface area contributed by atoms with Gasteiger partial charge in [0.1, 0.15) is 18.5 Å². The second-order valence-electron chi connectivity index (χ2n) is 6.59. The highest BCUT2D eigenvalue weighted by Gasteiger charge is 2.31. The molecule has 1 aliphatic rings. The Labute approximate surface area is 155 Å². The molecule has 0 unspecified atom stereocenters. The van der Waals surface area contributed by atoms with Gasteiger partial charge in [0.15, 0.2) is 11.5 Å². The smallest absolute Gasteiger partial charge is 0.165 e. The van der Waals surface area contributed by atoms with E-state index in [0.717, 1.165) is 22.8 Å². The van der Waals surface area contributed by atoms with E-state index < -0.39 is 6.10 Å². The lowest BCUT2D eigenvalue weighted by atomic mass is 10.1. The van der Waals surface area contributed by atoms with Gasteiger partial charge in [-0.3, -0.25) is 4.90 Å². The molecule has 3 rings (SSSR count). The molecule has 26 heavy (non-hydrogen) atoms. The van der Waals surface area contributed by atoms with E-state index in [1.807, 2.05) is 48.5 Å². The van der Waals surface area contributed by atoms with E-state index in [1.165, 1.54) is 12.8 Å². The monoisotopic (exact) mass is 357 g/mol. The molecule has 0 heterocycles. The van der Waals surface area contributed by atoms with Crippen LogP contribution >= 0.6 is 0 Å². The molecule has 0 saturated heterocycles. The van der Waals surface area contributed by atoms with Crippen molar-refractivity contribution in [2.45, 2.75) is 31.5 Å². The van der Waals surface area contributed by atoms with E-state index in [4.69, 9.17) is 14.2 Å². The summed E-state index contributed by atoms with van der Waals surface area (Å²) in [5.74, 6) is 2.27. The van der Waals surface area contributed by atoms with E-state index in [2.05, 4.69) is 4.90 Å². The Hall–Kier alpha value is -2.24. The molecule has 1 fully saturated rings. The molecule has 0 aromatic heterocycles. The average molecular weight is 357 g/mol. The van der Waals surface area contributed by atoms with Gasteiger partial charge in [-0.25, -0.2) is 0 Å². The highest BCUT2D eigenvalue weighted by Crippen LogP contribution is 2.34. The first-order valence-electron chi connectivity index (χ1n) is 9.01. The van der Waals surface area contributed by atoms with E-state index in [0.29, 0.717) is 19.1 Å². The van der Waals surface area contributed by atoms with Crippen LogP contribution in [0.3, 0.4) is 0 Å². The number of hydrogen-bond acceptors (Lipinski definition) is 5. The maximum Gasteiger partial charge on any atom is 0.165 e. The fourth-order valence-corrected chi connectivity index (χ4v) is 3.11. The van der Waals surface area contributed by atoms with Gasteiger partial charge in [0.2, 0.25) is 0 Å². The first-order valence-corrected chi connectivity index (χ1v) is 9.01. The zero-order valence-corrected chi connectivity index (χ0v) is 15.4. The van der Waals surface area contributed by atoms with Gasteiger partial charge in [-0.05, 0) is 31.0 Å². The van der Waals surface area contributed by atoms with Crippen LogP contribution in [-0.4, -0.2) is 49.5 Å². The van der Waals surface area contributed by atoms with Crippen molar-refractivity contribution in [1.29, 1.82) is 0 Å². The number of para-hydroxylation sites is 2. The molecule has 0 bridgehead atoms. The van der Waals surface area contributed by atoms with E-state index in [9.17, 15) is 5.11 Å². The molecule has 1 saturated carbocycles. The van der Waals surface area contributed by atoms with E-state index in [-0.39, 0.29) is 6.61 Å². The van der Waals surface area contributed by atoms with Crippen LogP contribution in [0.2, 0.25) is 0 Å². The summed E-state index contributed by atoms with van der Waals surface area (Å²) < 4.78 is 16.6. The fourth-order valence-electron chi connectivity index (χ4n) is 3.11. The summed E-state index contributed by atoms with van der Waals surface area (Å²) >= 11 is 0. The Kier molecular flexibility index (Phi) is 6.36. The number of ether oxygens (including phenoxy) is 3. The van der Waals surface area contributed by atoms with Gasteiger partial charge in [0.05, 0.1) is 14.2 Å². The summed E-state index contributed by atoms with van der Waals surface area (Å²) in [6.07, 6.45) is 1.78. The Morgan fingerprint density at radius 2 is 1.81 bits per heavy atom.